The van der Waals surface area contributed by atoms with Crippen molar-refractivity contribution in [3.05, 3.63) is 35.7 Å². The Morgan fingerprint density at radius 2 is 2.00 bits per heavy atom. The number of tetrazole rings is 1. The van der Waals surface area contributed by atoms with Crippen LogP contribution in [0.1, 0.15) is 23.1 Å². The number of anilines is 1. The van der Waals surface area contributed by atoms with Crippen LogP contribution in [0.25, 0.3) is 0 Å². The molecule has 0 saturated carbocycles. The Kier molecular flexibility index (Phi) is 3.81. The second-order valence-electron chi connectivity index (χ2n) is 3.77. The van der Waals surface area contributed by atoms with Crippen molar-refractivity contribution in [2.24, 2.45) is 0 Å². The molecule has 3 N–H and O–H groups in total. The molecule has 19 heavy (non-hydrogen) atoms. The molecule has 0 aliphatic rings. The number of hydrogen-bond acceptors (Lipinski definition) is 5. The molecule has 1 heterocycles. The number of urea groups is 1. The SMILES string of the molecule is CC(=O)c1ccc(NC(=O)NCc2nn[nH]n2)cc1. The van der Waals surface area contributed by atoms with Crippen molar-refractivity contribution in [2.75, 3.05) is 5.32 Å². The topological polar surface area (TPSA) is 113 Å². The van der Waals surface area contributed by atoms with Crippen LogP contribution >= 0.6 is 0 Å². The van der Waals surface area contributed by atoms with Crippen molar-refractivity contribution in [2.45, 2.75) is 13.5 Å². The standard InChI is InChI=1S/C11H12N6O2/c1-7(18)8-2-4-9(5-3-8)13-11(19)12-6-10-14-16-17-15-10/h2-5H,6H2,1H3,(H2,12,13,19)(H,14,15,16,17). The second-order valence-corrected chi connectivity index (χ2v) is 3.77. The molecule has 0 bridgehead atoms. The lowest BCUT2D eigenvalue weighted by Crippen LogP contribution is -2.28. The predicted molar refractivity (Wildman–Crippen MR) is 66.5 cm³/mol. The van der Waals surface area contributed by atoms with E-state index in [-0.39, 0.29) is 18.4 Å². The van der Waals surface area contributed by atoms with Crippen molar-refractivity contribution in [3.8, 4) is 0 Å². The zero-order valence-electron chi connectivity index (χ0n) is 10.2. The summed E-state index contributed by atoms with van der Waals surface area (Å²) in [6, 6.07) is 6.23. The number of ketones is 1. The van der Waals surface area contributed by atoms with E-state index in [1.54, 1.807) is 24.3 Å². The molecule has 0 aliphatic carbocycles. The highest BCUT2D eigenvalue weighted by Crippen LogP contribution is 2.09. The molecule has 2 aromatic rings. The monoisotopic (exact) mass is 260 g/mol. The molecule has 0 spiro atoms. The lowest BCUT2D eigenvalue weighted by atomic mass is 10.1. The van der Waals surface area contributed by atoms with E-state index in [4.69, 9.17) is 0 Å². The number of H-pyrrole nitrogens is 1. The van der Waals surface area contributed by atoms with Crippen molar-refractivity contribution in [1.82, 2.24) is 25.9 Å². The summed E-state index contributed by atoms with van der Waals surface area (Å²) in [7, 11) is 0. The first-order chi connectivity index (χ1) is 9.15. The summed E-state index contributed by atoms with van der Waals surface area (Å²) in [4.78, 5) is 22.6. The fourth-order valence-electron chi connectivity index (χ4n) is 1.38. The highest BCUT2D eigenvalue weighted by atomic mass is 16.2. The minimum atomic E-state index is -0.389. The number of hydrogen-bond donors (Lipinski definition) is 3. The summed E-state index contributed by atoms with van der Waals surface area (Å²) in [5, 5.41) is 18.2. The van der Waals surface area contributed by atoms with Crippen LogP contribution in [0.2, 0.25) is 0 Å². The highest BCUT2D eigenvalue weighted by molar-refractivity contribution is 5.95. The fraction of sp³-hybridized carbons (Fsp3) is 0.182. The molecule has 0 fully saturated rings. The molecule has 0 radical (unpaired) electrons. The number of Topliss-reactive ketones (excluding diaryl/α,β-unsaturated/α-hetero) is 1. The second kappa shape index (κ2) is 5.71. The van der Waals surface area contributed by atoms with E-state index in [2.05, 4.69) is 31.3 Å². The van der Waals surface area contributed by atoms with E-state index in [0.29, 0.717) is 17.1 Å². The predicted octanol–water partition coefficient (Wildman–Crippen LogP) is 0.724. The number of aromatic nitrogens is 4. The number of carbonyl (C=O) groups is 2. The Hall–Kier alpha value is -2.77. The van der Waals surface area contributed by atoms with Crippen LogP contribution < -0.4 is 10.6 Å². The first-order valence-electron chi connectivity index (χ1n) is 5.53. The van der Waals surface area contributed by atoms with Gasteiger partial charge >= 0.3 is 6.03 Å². The Morgan fingerprint density at radius 3 is 2.58 bits per heavy atom. The quantitative estimate of drug-likeness (QED) is 0.701. The lowest BCUT2D eigenvalue weighted by molar-refractivity contribution is 0.101. The van der Waals surface area contributed by atoms with E-state index in [1.165, 1.54) is 6.92 Å². The maximum absolute atomic E-state index is 11.6. The summed E-state index contributed by atoms with van der Waals surface area (Å²) in [5.41, 5.74) is 1.19. The minimum absolute atomic E-state index is 0.0203. The van der Waals surface area contributed by atoms with E-state index >= 15 is 0 Å². The lowest BCUT2D eigenvalue weighted by Gasteiger charge is -2.06. The largest absolute Gasteiger partial charge is 0.330 e. The van der Waals surface area contributed by atoms with Gasteiger partial charge in [0.2, 0.25) is 0 Å². The van der Waals surface area contributed by atoms with E-state index in [1.807, 2.05) is 0 Å². The fourth-order valence-corrected chi connectivity index (χ4v) is 1.38. The summed E-state index contributed by atoms with van der Waals surface area (Å²) in [5.74, 6) is 0.371. The smallest absolute Gasteiger partial charge is 0.319 e. The van der Waals surface area contributed by atoms with Gasteiger partial charge in [-0.05, 0) is 31.2 Å². The minimum Gasteiger partial charge on any atom is -0.330 e. The zero-order chi connectivity index (χ0) is 13.7. The van der Waals surface area contributed by atoms with Gasteiger partial charge in [0.25, 0.3) is 0 Å². The molecular formula is C11H12N6O2. The third-order valence-electron chi connectivity index (χ3n) is 2.35. The number of carbonyl (C=O) groups excluding carboxylic acids is 2. The molecule has 0 aliphatic heterocycles. The Labute approximate surface area is 108 Å². The van der Waals surface area contributed by atoms with Crippen LogP contribution in [0.3, 0.4) is 0 Å². The number of nitrogens with zero attached hydrogens (tertiary/aromatic N) is 3. The van der Waals surface area contributed by atoms with Gasteiger partial charge in [-0.25, -0.2) is 4.79 Å². The number of aromatic amines is 1. The molecule has 2 rings (SSSR count). The first-order valence-corrected chi connectivity index (χ1v) is 5.53. The number of amides is 2. The molecule has 2 amide bonds. The normalized spacial score (nSPS) is 9.95. The van der Waals surface area contributed by atoms with Gasteiger partial charge in [0.15, 0.2) is 11.6 Å². The summed E-state index contributed by atoms with van der Waals surface area (Å²) in [6.07, 6.45) is 0. The van der Waals surface area contributed by atoms with Crippen LogP contribution in [0.15, 0.2) is 24.3 Å². The highest BCUT2D eigenvalue weighted by Gasteiger charge is 2.04. The van der Waals surface area contributed by atoms with Gasteiger partial charge < -0.3 is 10.6 Å². The van der Waals surface area contributed by atoms with Crippen molar-refractivity contribution >= 4 is 17.5 Å². The molecule has 0 atom stereocenters. The zero-order valence-corrected chi connectivity index (χ0v) is 10.2. The van der Waals surface area contributed by atoms with E-state index in [9.17, 15) is 9.59 Å². The van der Waals surface area contributed by atoms with Gasteiger partial charge in [0.1, 0.15) is 0 Å². The average molecular weight is 260 g/mol. The Bertz CT molecular complexity index is 563. The van der Waals surface area contributed by atoms with Crippen LogP contribution in [-0.2, 0) is 6.54 Å². The van der Waals surface area contributed by atoms with Crippen molar-refractivity contribution < 1.29 is 9.59 Å². The molecule has 1 aromatic carbocycles. The van der Waals surface area contributed by atoms with Crippen LogP contribution in [0, 0.1) is 0 Å². The molecule has 0 unspecified atom stereocenters. The maximum atomic E-state index is 11.6. The average Bonchev–Trinajstić information content (AvgIpc) is 2.90. The maximum Gasteiger partial charge on any atom is 0.319 e. The van der Waals surface area contributed by atoms with Gasteiger partial charge in [0, 0.05) is 11.3 Å². The third-order valence-corrected chi connectivity index (χ3v) is 2.35. The third kappa shape index (κ3) is 3.60. The molecule has 8 heteroatoms. The first kappa shape index (κ1) is 12.7. The van der Waals surface area contributed by atoms with Gasteiger partial charge in [-0.15, -0.1) is 10.2 Å². The van der Waals surface area contributed by atoms with Gasteiger partial charge in [-0.1, -0.05) is 5.21 Å². The number of benzene rings is 1. The number of rotatable bonds is 4. The Morgan fingerprint density at radius 1 is 1.26 bits per heavy atom. The van der Waals surface area contributed by atoms with Crippen molar-refractivity contribution in [3.63, 3.8) is 0 Å². The van der Waals surface area contributed by atoms with Gasteiger partial charge in [-0.2, -0.15) is 5.21 Å². The van der Waals surface area contributed by atoms with Crippen molar-refractivity contribution in [1.29, 1.82) is 0 Å². The molecule has 98 valence electrons. The summed E-state index contributed by atoms with van der Waals surface area (Å²) >= 11 is 0. The molecule has 1 aromatic heterocycles. The molecule has 0 saturated heterocycles. The number of nitrogens with one attached hydrogen (secondary N) is 3. The summed E-state index contributed by atoms with van der Waals surface area (Å²) in [6.45, 7) is 1.66. The van der Waals surface area contributed by atoms with Crippen LogP contribution in [0.5, 0.6) is 0 Å². The van der Waals surface area contributed by atoms with Gasteiger partial charge in [0.05, 0.1) is 6.54 Å². The van der Waals surface area contributed by atoms with E-state index in [0.717, 1.165) is 0 Å². The van der Waals surface area contributed by atoms with Crippen LogP contribution in [-0.4, -0.2) is 32.4 Å². The molecule has 8 nitrogen and oxygen atoms in total. The van der Waals surface area contributed by atoms with Gasteiger partial charge in [-0.3, -0.25) is 4.79 Å². The molecular weight excluding hydrogens is 248 g/mol. The van der Waals surface area contributed by atoms with Crippen LogP contribution in [0.4, 0.5) is 10.5 Å². The van der Waals surface area contributed by atoms with E-state index < -0.39 is 0 Å². The summed E-state index contributed by atoms with van der Waals surface area (Å²) < 4.78 is 0. The Balaban J connectivity index is 1.86.